The van der Waals surface area contributed by atoms with Crippen LogP contribution in [-0.4, -0.2) is 24.1 Å². The normalized spacial score (nSPS) is 11.9. The summed E-state index contributed by atoms with van der Waals surface area (Å²) in [4.78, 5) is 17.4. The molecule has 1 N–H and O–H groups in total. The van der Waals surface area contributed by atoms with Gasteiger partial charge in [-0.15, -0.1) is 6.42 Å². The third-order valence-electron chi connectivity index (χ3n) is 6.51. The second-order valence-corrected chi connectivity index (χ2v) is 10.6. The fourth-order valence-electron chi connectivity index (χ4n) is 4.89. The molecule has 0 radical (unpaired) electrons. The predicted octanol–water partition coefficient (Wildman–Crippen LogP) is 6.46. The van der Waals surface area contributed by atoms with Crippen molar-refractivity contribution in [2.45, 2.75) is 46.3 Å². The second kappa shape index (κ2) is 10.1. The minimum atomic E-state index is -5.20. The lowest BCUT2D eigenvalue weighted by molar-refractivity contribution is 0.244. The summed E-state index contributed by atoms with van der Waals surface area (Å²) in [5.41, 5.74) is 3.85. The summed E-state index contributed by atoms with van der Waals surface area (Å²) in [6.07, 6.45) is 7.20. The first-order chi connectivity index (χ1) is 18.6. The fraction of sp³-hybridized carbons (Fsp3) is 0.233. The number of unbranched alkanes of at least 4 members (excludes halogenated alkanes) is 1. The van der Waals surface area contributed by atoms with Crippen LogP contribution in [0.25, 0.3) is 44.0 Å². The minimum absolute atomic E-state index is 0.145. The third kappa shape index (κ3) is 5.08. The summed E-state index contributed by atoms with van der Waals surface area (Å²) >= 11 is 0. The molecule has 0 aliphatic rings. The van der Waals surface area contributed by atoms with Crippen LogP contribution in [-0.2, 0) is 17.0 Å². The number of halogens is 1. The zero-order valence-electron chi connectivity index (χ0n) is 21.7. The molecular formula is C30H27FN2O5S. The second-order valence-electron chi connectivity index (χ2n) is 9.62. The van der Waals surface area contributed by atoms with Crippen LogP contribution < -0.4 is 14.3 Å². The van der Waals surface area contributed by atoms with Gasteiger partial charge in [0.1, 0.15) is 17.1 Å². The molecule has 0 aliphatic heterocycles. The highest BCUT2D eigenvalue weighted by Crippen LogP contribution is 2.37. The van der Waals surface area contributed by atoms with Crippen molar-refractivity contribution in [1.82, 2.24) is 9.55 Å². The van der Waals surface area contributed by atoms with Crippen LogP contribution in [0.2, 0.25) is 0 Å². The quantitative estimate of drug-likeness (QED) is 0.178. The molecule has 200 valence electrons. The molecule has 3 aromatic carbocycles. The van der Waals surface area contributed by atoms with E-state index in [1.807, 2.05) is 38.1 Å². The van der Waals surface area contributed by atoms with E-state index in [9.17, 15) is 17.1 Å². The number of nitrogens with one attached hydrogen (secondary N) is 1. The lowest BCUT2D eigenvalue weighted by Gasteiger charge is -2.19. The molecule has 9 heteroatoms. The Bertz CT molecular complexity index is 1950. The molecule has 0 saturated heterocycles. The Hall–Kier alpha value is -4.29. The van der Waals surface area contributed by atoms with Crippen molar-refractivity contribution in [1.29, 1.82) is 0 Å². The smallest absolute Gasteiger partial charge is 0.488 e. The van der Waals surface area contributed by atoms with Crippen LogP contribution in [0, 0.1) is 12.3 Å². The molecule has 0 unspecified atom stereocenters. The first kappa shape index (κ1) is 26.3. The Morgan fingerprint density at radius 1 is 1.10 bits per heavy atom. The maximum absolute atomic E-state index is 14.0. The van der Waals surface area contributed by atoms with E-state index >= 15 is 0 Å². The van der Waals surface area contributed by atoms with E-state index in [2.05, 4.69) is 26.6 Å². The molecule has 0 amide bonds. The van der Waals surface area contributed by atoms with Crippen LogP contribution in [0.3, 0.4) is 0 Å². The summed E-state index contributed by atoms with van der Waals surface area (Å²) < 4.78 is 48.1. The van der Waals surface area contributed by atoms with E-state index in [0.29, 0.717) is 50.9 Å². The van der Waals surface area contributed by atoms with E-state index < -0.39 is 10.5 Å². The average Bonchev–Trinajstić information content (AvgIpc) is 3.26. The monoisotopic (exact) mass is 546 g/mol. The minimum Gasteiger partial charge on any atom is -0.490 e. The van der Waals surface area contributed by atoms with E-state index in [1.54, 1.807) is 18.2 Å². The van der Waals surface area contributed by atoms with Crippen LogP contribution in [0.5, 0.6) is 11.5 Å². The Balaban J connectivity index is 1.86. The van der Waals surface area contributed by atoms with Crippen LogP contribution in [0.15, 0.2) is 59.4 Å². The number of terminal acetylenes is 1. The standard InChI is InChI=1S/C30H27FN2O5S/c1-5-7-13-33-26-16-23(20-9-8-10-21(15-20)38-39(31,35)36)27(37-18(3)4)17-24(26)29(34)28-22-12-11-19(6-2)14-25(22)32-30(28)33/h2,8-12,14-18,32H,5,7,13H2,1,3-4H3. The van der Waals surface area contributed by atoms with Gasteiger partial charge < -0.3 is 18.5 Å². The summed E-state index contributed by atoms with van der Waals surface area (Å²) in [5.74, 6) is 2.90. The van der Waals surface area contributed by atoms with Gasteiger partial charge in [-0.3, -0.25) is 4.79 Å². The molecule has 0 aliphatic carbocycles. The maximum atomic E-state index is 14.0. The largest absolute Gasteiger partial charge is 0.490 e. The summed E-state index contributed by atoms with van der Waals surface area (Å²) in [5, 5.41) is 1.84. The number of ether oxygens (including phenoxy) is 1. The van der Waals surface area contributed by atoms with Gasteiger partial charge in [0.15, 0.2) is 5.43 Å². The number of aryl methyl sites for hydroxylation is 1. The number of aromatic amines is 1. The van der Waals surface area contributed by atoms with Crippen molar-refractivity contribution >= 4 is 43.3 Å². The average molecular weight is 547 g/mol. The molecule has 39 heavy (non-hydrogen) atoms. The number of pyridine rings is 1. The van der Waals surface area contributed by atoms with Gasteiger partial charge >= 0.3 is 10.5 Å². The maximum Gasteiger partial charge on any atom is 0.488 e. The van der Waals surface area contributed by atoms with Crippen LogP contribution in [0.1, 0.15) is 39.2 Å². The topological polar surface area (TPSA) is 90.4 Å². The highest BCUT2D eigenvalue weighted by molar-refractivity contribution is 7.81. The number of fused-ring (bicyclic) bond motifs is 4. The first-order valence-corrected chi connectivity index (χ1v) is 13.9. The molecule has 0 bridgehead atoms. The van der Waals surface area contributed by atoms with Crippen LogP contribution in [0.4, 0.5) is 3.89 Å². The highest BCUT2D eigenvalue weighted by atomic mass is 32.3. The number of hydrogen-bond acceptors (Lipinski definition) is 5. The number of benzene rings is 3. The summed E-state index contributed by atoms with van der Waals surface area (Å²) in [6.45, 7) is 6.48. The zero-order valence-corrected chi connectivity index (χ0v) is 22.6. The third-order valence-corrected chi connectivity index (χ3v) is 6.91. The molecule has 0 fully saturated rings. The molecule has 2 heterocycles. The Kier molecular flexibility index (Phi) is 6.83. The van der Waals surface area contributed by atoms with Gasteiger partial charge in [0.25, 0.3) is 0 Å². The fourth-order valence-corrected chi connectivity index (χ4v) is 5.22. The van der Waals surface area contributed by atoms with Gasteiger partial charge in [0.2, 0.25) is 0 Å². The van der Waals surface area contributed by atoms with Gasteiger partial charge in [-0.25, -0.2) is 0 Å². The summed E-state index contributed by atoms with van der Waals surface area (Å²) in [7, 11) is -5.20. The van der Waals surface area contributed by atoms with E-state index in [1.165, 1.54) is 12.1 Å². The van der Waals surface area contributed by atoms with Gasteiger partial charge in [-0.05, 0) is 62.2 Å². The highest BCUT2D eigenvalue weighted by Gasteiger charge is 2.20. The molecule has 2 aromatic heterocycles. The Labute approximate surface area is 225 Å². The molecule has 0 atom stereocenters. The molecule has 7 nitrogen and oxygen atoms in total. The molecule has 0 spiro atoms. The number of H-pyrrole nitrogens is 1. The van der Waals surface area contributed by atoms with Crippen molar-refractivity contribution in [3.8, 4) is 35.0 Å². The van der Waals surface area contributed by atoms with Crippen molar-refractivity contribution in [3.63, 3.8) is 0 Å². The number of rotatable bonds is 8. The van der Waals surface area contributed by atoms with Gasteiger partial charge in [0.05, 0.1) is 22.4 Å². The van der Waals surface area contributed by atoms with E-state index in [-0.39, 0.29) is 17.3 Å². The number of nitrogens with zero attached hydrogens (tertiary/aromatic N) is 1. The molecular weight excluding hydrogens is 519 g/mol. The van der Waals surface area contributed by atoms with E-state index in [4.69, 9.17) is 11.2 Å². The zero-order chi connectivity index (χ0) is 27.9. The van der Waals surface area contributed by atoms with Crippen molar-refractivity contribution in [2.75, 3.05) is 0 Å². The Morgan fingerprint density at radius 3 is 2.59 bits per heavy atom. The molecule has 0 saturated carbocycles. The Morgan fingerprint density at radius 2 is 1.90 bits per heavy atom. The van der Waals surface area contributed by atoms with Crippen molar-refractivity contribution in [2.24, 2.45) is 0 Å². The van der Waals surface area contributed by atoms with E-state index in [0.717, 1.165) is 23.7 Å². The SMILES string of the molecule is C#Cc1ccc2c(c1)[nH]c1c2c(=O)c2cc(OC(C)C)c(-c3cccc(OS(=O)(=O)F)c3)cc2n1CCCC. The van der Waals surface area contributed by atoms with Crippen molar-refractivity contribution in [3.05, 3.63) is 70.4 Å². The molecule has 5 rings (SSSR count). The predicted molar refractivity (Wildman–Crippen MR) is 152 cm³/mol. The number of hydrogen-bond donors (Lipinski definition) is 1. The van der Waals surface area contributed by atoms with Gasteiger partial charge in [-0.1, -0.05) is 41.3 Å². The van der Waals surface area contributed by atoms with Crippen molar-refractivity contribution < 1.29 is 21.2 Å². The van der Waals surface area contributed by atoms with Gasteiger partial charge in [0, 0.05) is 28.6 Å². The lowest BCUT2D eigenvalue weighted by atomic mass is 10.00. The first-order valence-electron chi connectivity index (χ1n) is 12.6. The lowest BCUT2D eigenvalue weighted by Crippen LogP contribution is -2.13. The number of aromatic nitrogens is 2. The summed E-state index contributed by atoms with van der Waals surface area (Å²) in [6, 6.07) is 15.2. The molecule has 5 aromatic rings. The van der Waals surface area contributed by atoms with Crippen LogP contribution >= 0.6 is 0 Å². The van der Waals surface area contributed by atoms with Gasteiger partial charge in [-0.2, -0.15) is 8.42 Å².